The maximum absolute atomic E-state index is 12.0. The highest BCUT2D eigenvalue weighted by Gasteiger charge is 2.22. The summed E-state index contributed by atoms with van der Waals surface area (Å²) in [5, 5.41) is 17.8. The molecule has 0 aliphatic heterocycles. The van der Waals surface area contributed by atoms with Crippen molar-refractivity contribution in [2.45, 2.75) is 13.0 Å². The van der Waals surface area contributed by atoms with Crippen molar-refractivity contribution in [3.8, 4) is 17.9 Å². The average molecular weight is 312 g/mol. The normalized spacial score (nSPS) is 11.1. The Morgan fingerprint density at radius 1 is 1.35 bits per heavy atom. The SMILES string of the molecule is CC(Oc1cccc(Cl)c1Cl)C(=O)N(CC#N)CC#N. The van der Waals surface area contributed by atoms with Crippen molar-refractivity contribution in [3.05, 3.63) is 28.2 Å². The molecule has 0 aliphatic rings. The van der Waals surface area contributed by atoms with Crippen LogP contribution in [0.1, 0.15) is 6.92 Å². The molecule has 0 radical (unpaired) electrons. The molecule has 1 aromatic rings. The molecule has 5 nitrogen and oxygen atoms in total. The van der Waals surface area contributed by atoms with Crippen LogP contribution in [0, 0.1) is 22.7 Å². The lowest BCUT2D eigenvalue weighted by molar-refractivity contribution is -0.136. The molecule has 7 heteroatoms. The van der Waals surface area contributed by atoms with Crippen LogP contribution in [0.25, 0.3) is 0 Å². The standard InChI is InChI=1S/C13H11Cl2N3O2/c1-9(13(19)18(7-5-16)8-6-17)20-11-4-2-3-10(14)12(11)15/h2-4,9H,7-8H2,1H3. The van der Waals surface area contributed by atoms with Gasteiger partial charge in [-0.1, -0.05) is 29.3 Å². The van der Waals surface area contributed by atoms with Gasteiger partial charge in [-0.25, -0.2) is 0 Å². The predicted octanol–water partition coefficient (Wildman–Crippen LogP) is 2.64. The molecule has 0 saturated carbocycles. The summed E-state index contributed by atoms with van der Waals surface area (Å²) in [6, 6.07) is 8.47. The number of amides is 1. The monoisotopic (exact) mass is 311 g/mol. The van der Waals surface area contributed by atoms with Crippen molar-refractivity contribution in [3.63, 3.8) is 0 Å². The van der Waals surface area contributed by atoms with Gasteiger partial charge in [-0.15, -0.1) is 0 Å². The van der Waals surface area contributed by atoms with Crippen LogP contribution < -0.4 is 4.74 Å². The summed E-state index contributed by atoms with van der Waals surface area (Å²) < 4.78 is 5.43. The smallest absolute Gasteiger partial charge is 0.265 e. The zero-order chi connectivity index (χ0) is 15.1. The number of carbonyl (C=O) groups excluding carboxylic acids is 1. The van der Waals surface area contributed by atoms with Crippen molar-refractivity contribution < 1.29 is 9.53 Å². The van der Waals surface area contributed by atoms with Gasteiger partial charge in [-0.2, -0.15) is 10.5 Å². The second kappa shape index (κ2) is 7.59. The Bertz CT molecular complexity index is 562. The molecule has 0 saturated heterocycles. The molecular formula is C13H11Cl2N3O2. The molecule has 1 aromatic carbocycles. The molecule has 0 bridgehead atoms. The van der Waals surface area contributed by atoms with Gasteiger partial charge < -0.3 is 9.64 Å². The molecule has 20 heavy (non-hydrogen) atoms. The summed E-state index contributed by atoms with van der Waals surface area (Å²) in [6.45, 7) is 1.16. The Balaban J connectivity index is 2.82. The van der Waals surface area contributed by atoms with Crippen LogP contribution in [-0.2, 0) is 4.79 Å². The van der Waals surface area contributed by atoms with Crippen molar-refractivity contribution in [2.24, 2.45) is 0 Å². The first-order valence-electron chi connectivity index (χ1n) is 5.64. The van der Waals surface area contributed by atoms with Crippen LogP contribution in [0.3, 0.4) is 0 Å². The van der Waals surface area contributed by atoms with Gasteiger partial charge in [0.25, 0.3) is 5.91 Å². The van der Waals surface area contributed by atoms with Crippen LogP contribution >= 0.6 is 23.2 Å². The number of hydrogen-bond donors (Lipinski definition) is 0. The summed E-state index contributed by atoms with van der Waals surface area (Å²) in [5.41, 5.74) is 0. The van der Waals surface area contributed by atoms with E-state index in [9.17, 15) is 4.79 Å². The predicted molar refractivity (Wildman–Crippen MR) is 74.4 cm³/mol. The Morgan fingerprint density at radius 2 is 1.95 bits per heavy atom. The van der Waals surface area contributed by atoms with E-state index in [0.29, 0.717) is 5.02 Å². The first-order chi connectivity index (χ1) is 9.51. The Hall–Kier alpha value is -1.95. The third-order valence-electron chi connectivity index (χ3n) is 2.40. The van der Waals surface area contributed by atoms with E-state index in [0.717, 1.165) is 4.90 Å². The fourth-order valence-electron chi connectivity index (χ4n) is 1.46. The minimum Gasteiger partial charge on any atom is -0.479 e. The number of hydrogen-bond acceptors (Lipinski definition) is 4. The first kappa shape index (κ1) is 16.1. The second-order valence-corrected chi connectivity index (χ2v) is 4.61. The molecule has 104 valence electrons. The molecule has 1 rings (SSSR count). The fraction of sp³-hybridized carbons (Fsp3) is 0.308. The van der Waals surface area contributed by atoms with Crippen LogP contribution in [0.5, 0.6) is 5.75 Å². The van der Waals surface area contributed by atoms with Crippen molar-refractivity contribution in [1.82, 2.24) is 4.90 Å². The van der Waals surface area contributed by atoms with Gasteiger partial charge in [0.15, 0.2) is 6.10 Å². The number of halogens is 2. The number of ether oxygens (including phenoxy) is 1. The van der Waals surface area contributed by atoms with Gasteiger partial charge in [0.1, 0.15) is 23.9 Å². The van der Waals surface area contributed by atoms with E-state index in [-0.39, 0.29) is 23.9 Å². The third-order valence-corrected chi connectivity index (χ3v) is 3.20. The number of nitriles is 2. The summed E-state index contributed by atoms with van der Waals surface area (Å²) >= 11 is 11.8. The lowest BCUT2D eigenvalue weighted by Gasteiger charge is -2.21. The maximum atomic E-state index is 12.0. The van der Waals surface area contributed by atoms with Gasteiger partial charge in [0.2, 0.25) is 0 Å². The summed E-state index contributed by atoms with van der Waals surface area (Å²) in [5.74, 6) is -0.196. The summed E-state index contributed by atoms with van der Waals surface area (Å²) in [7, 11) is 0. The van der Waals surface area contributed by atoms with Crippen molar-refractivity contribution >= 4 is 29.1 Å². The molecule has 1 atom stereocenters. The van der Waals surface area contributed by atoms with E-state index >= 15 is 0 Å². The van der Waals surface area contributed by atoms with Crippen LogP contribution in [-0.4, -0.2) is 30.0 Å². The minimum atomic E-state index is -0.882. The zero-order valence-electron chi connectivity index (χ0n) is 10.6. The van der Waals surface area contributed by atoms with E-state index in [1.807, 2.05) is 12.1 Å². The second-order valence-electron chi connectivity index (χ2n) is 3.82. The molecule has 0 aliphatic carbocycles. The highest BCUT2D eigenvalue weighted by molar-refractivity contribution is 6.42. The quantitative estimate of drug-likeness (QED) is 0.783. The largest absolute Gasteiger partial charge is 0.479 e. The maximum Gasteiger partial charge on any atom is 0.265 e. The highest BCUT2D eigenvalue weighted by Crippen LogP contribution is 2.32. The molecule has 0 fully saturated rings. The molecule has 0 N–H and O–H groups in total. The lowest BCUT2D eigenvalue weighted by atomic mass is 10.3. The number of carbonyl (C=O) groups is 1. The first-order valence-corrected chi connectivity index (χ1v) is 6.40. The van der Waals surface area contributed by atoms with Gasteiger partial charge in [-0.3, -0.25) is 4.79 Å². The van der Waals surface area contributed by atoms with E-state index in [1.54, 1.807) is 18.2 Å². The van der Waals surface area contributed by atoms with Crippen LogP contribution in [0.15, 0.2) is 18.2 Å². The van der Waals surface area contributed by atoms with Gasteiger partial charge in [0.05, 0.1) is 17.2 Å². The Morgan fingerprint density at radius 3 is 2.50 bits per heavy atom. The fourth-order valence-corrected chi connectivity index (χ4v) is 1.79. The van der Waals surface area contributed by atoms with Crippen molar-refractivity contribution in [2.75, 3.05) is 13.1 Å². The number of rotatable bonds is 5. The topological polar surface area (TPSA) is 77.1 Å². The number of benzene rings is 1. The summed E-state index contributed by atoms with van der Waals surface area (Å²) in [4.78, 5) is 13.1. The highest BCUT2D eigenvalue weighted by atomic mass is 35.5. The molecule has 0 aromatic heterocycles. The number of nitrogens with zero attached hydrogens (tertiary/aromatic N) is 3. The van der Waals surface area contributed by atoms with Gasteiger partial charge in [-0.05, 0) is 19.1 Å². The van der Waals surface area contributed by atoms with Crippen molar-refractivity contribution in [1.29, 1.82) is 10.5 Å². The summed E-state index contributed by atoms with van der Waals surface area (Å²) in [6.07, 6.45) is -0.882. The molecular weight excluding hydrogens is 301 g/mol. The van der Waals surface area contributed by atoms with E-state index in [2.05, 4.69) is 0 Å². The molecule has 1 unspecified atom stereocenters. The Labute approximate surface area is 126 Å². The molecule has 1 amide bonds. The average Bonchev–Trinajstić information content (AvgIpc) is 2.42. The van der Waals surface area contributed by atoms with E-state index in [4.69, 9.17) is 38.5 Å². The van der Waals surface area contributed by atoms with E-state index < -0.39 is 12.0 Å². The van der Waals surface area contributed by atoms with Gasteiger partial charge >= 0.3 is 0 Å². The molecule has 0 spiro atoms. The van der Waals surface area contributed by atoms with Gasteiger partial charge in [0, 0.05) is 0 Å². The lowest BCUT2D eigenvalue weighted by Crippen LogP contribution is -2.41. The Kier molecular flexibility index (Phi) is 6.11. The van der Waals surface area contributed by atoms with Crippen LogP contribution in [0.2, 0.25) is 10.0 Å². The van der Waals surface area contributed by atoms with Crippen LogP contribution in [0.4, 0.5) is 0 Å². The van der Waals surface area contributed by atoms with E-state index in [1.165, 1.54) is 6.92 Å². The minimum absolute atomic E-state index is 0.177. The third kappa shape index (κ3) is 4.03. The zero-order valence-corrected chi connectivity index (χ0v) is 12.1. The molecule has 0 heterocycles.